The van der Waals surface area contributed by atoms with Crippen LogP contribution in [0.25, 0.3) is 0 Å². The average Bonchev–Trinajstić information content (AvgIpc) is 2.33. The molecule has 0 aliphatic rings. The fraction of sp³-hybridized carbons (Fsp3) is 0.538. The lowest BCUT2D eigenvalue weighted by Gasteiger charge is -2.23. The van der Waals surface area contributed by atoms with Gasteiger partial charge < -0.3 is 10.8 Å². The highest BCUT2D eigenvalue weighted by Crippen LogP contribution is 2.36. The predicted octanol–water partition coefficient (Wildman–Crippen LogP) is 3.40. The van der Waals surface area contributed by atoms with Crippen molar-refractivity contribution in [2.24, 2.45) is 5.73 Å². The topological polar surface area (TPSA) is 46.2 Å². The summed E-state index contributed by atoms with van der Waals surface area (Å²) in [5.41, 5.74) is 3.79. The Kier molecular flexibility index (Phi) is 5.31. The van der Waals surface area contributed by atoms with Gasteiger partial charge in [0.05, 0.1) is 17.7 Å². The Morgan fingerprint density at radius 1 is 1.32 bits per heavy atom. The molecule has 0 bridgehead atoms. The van der Waals surface area contributed by atoms with Gasteiger partial charge in [-0.15, -0.1) is 0 Å². The molecule has 0 spiro atoms. The third-order valence-electron chi connectivity index (χ3n) is 2.96. The van der Waals surface area contributed by atoms with Crippen molar-refractivity contribution in [1.29, 1.82) is 0 Å². The largest absolute Gasteiger partial charge is 0.416 e. The summed E-state index contributed by atoms with van der Waals surface area (Å²) in [6, 6.07) is 1.28. The first kappa shape index (κ1) is 15.9. The lowest BCUT2D eigenvalue weighted by Crippen LogP contribution is -2.29. The van der Waals surface area contributed by atoms with Crippen molar-refractivity contribution >= 4 is 0 Å². The summed E-state index contributed by atoms with van der Waals surface area (Å²) in [5.74, 6) is -1.04. The number of alkyl halides is 3. The number of rotatable bonds is 5. The van der Waals surface area contributed by atoms with Crippen molar-refractivity contribution in [3.63, 3.8) is 0 Å². The van der Waals surface area contributed by atoms with Gasteiger partial charge in [-0.05, 0) is 18.6 Å². The molecule has 0 heterocycles. The molecule has 19 heavy (non-hydrogen) atoms. The van der Waals surface area contributed by atoms with Crippen LogP contribution in [0, 0.1) is 5.82 Å². The lowest BCUT2D eigenvalue weighted by atomic mass is 9.93. The highest BCUT2D eigenvalue weighted by molar-refractivity contribution is 5.34. The maximum Gasteiger partial charge on any atom is 0.416 e. The van der Waals surface area contributed by atoms with Crippen molar-refractivity contribution in [1.82, 2.24) is 0 Å². The standard InChI is InChI=1S/C13H17F4NO/c1-2-3-7-10(19)12(18)11-8(13(15,16)17)5-4-6-9(11)14/h4-6,10,12,19H,2-3,7,18H2,1H3/t10-,12-/m1/s1. The van der Waals surface area contributed by atoms with Gasteiger partial charge in [0, 0.05) is 5.56 Å². The molecule has 0 saturated carbocycles. The molecule has 2 nitrogen and oxygen atoms in total. The highest BCUT2D eigenvalue weighted by Gasteiger charge is 2.37. The fourth-order valence-corrected chi connectivity index (χ4v) is 1.91. The van der Waals surface area contributed by atoms with Gasteiger partial charge in [-0.3, -0.25) is 0 Å². The van der Waals surface area contributed by atoms with Gasteiger partial charge in [0.2, 0.25) is 0 Å². The number of hydrogen-bond donors (Lipinski definition) is 2. The summed E-state index contributed by atoms with van der Waals surface area (Å²) >= 11 is 0. The number of benzene rings is 1. The fourth-order valence-electron chi connectivity index (χ4n) is 1.91. The number of unbranched alkanes of at least 4 members (excludes halogenated alkanes) is 1. The van der Waals surface area contributed by atoms with Crippen molar-refractivity contribution in [2.45, 2.75) is 44.5 Å². The van der Waals surface area contributed by atoms with Gasteiger partial charge in [-0.1, -0.05) is 25.8 Å². The summed E-state index contributed by atoms with van der Waals surface area (Å²) in [7, 11) is 0. The zero-order valence-corrected chi connectivity index (χ0v) is 10.5. The first-order valence-electron chi connectivity index (χ1n) is 6.08. The molecule has 0 unspecified atom stereocenters. The minimum atomic E-state index is -4.69. The number of nitrogens with two attached hydrogens (primary N) is 1. The Hall–Kier alpha value is -1.14. The van der Waals surface area contributed by atoms with Crippen molar-refractivity contribution in [3.8, 4) is 0 Å². The van der Waals surface area contributed by atoms with Crippen molar-refractivity contribution in [3.05, 3.63) is 35.1 Å². The Labute approximate surface area is 109 Å². The van der Waals surface area contributed by atoms with Crippen molar-refractivity contribution in [2.75, 3.05) is 0 Å². The van der Waals surface area contributed by atoms with E-state index in [1.807, 2.05) is 6.92 Å². The van der Waals surface area contributed by atoms with Crippen LogP contribution in [0.2, 0.25) is 0 Å². The average molecular weight is 279 g/mol. The molecule has 108 valence electrons. The SMILES string of the molecule is CCCC[C@@H](O)[C@@H](N)c1c(F)cccc1C(F)(F)F. The minimum absolute atomic E-state index is 0.239. The molecule has 2 atom stereocenters. The van der Waals surface area contributed by atoms with Gasteiger partial charge in [0.25, 0.3) is 0 Å². The van der Waals surface area contributed by atoms with E-state index in [2.05, 4.69) is 0 Å². The monoisotopic (exact) mass is 279 g/mol. The Balaban J connectivity index is 3.11. The Morgan fingerprint density at radius 3 is 2.47 bits per heavy atom. The molecule has 0 aliphatic heterocycles. The van der Waals surface area contributed by atoms with Crippen LogP contribution in [0.3, 0.4) is 0 Å². The first-order chi connectivity index (χ1) is 8.79. The van der Waals surface area contributed by atoms with E-state index in [0.29, 0.717) is 6.42 Å². The molecule has 6 heteroatoms. The summed E-state index contributed by atoms with van der Waals surface area (Å²) in [6.45, 7) is 1.88. The summed E-state index contributed by atoms with van der Waals surface area (Å²) in [5, 5.41) is 9.76. The van der Waals surface area contributed by atoms with E-state index in [-0.39, 0.29) is 6.42 Å². The molecule has 0 radical (unpaired) electrons. The van der Waals surface area contributed by atoms with Gasteiger partial charge in [0.1, 0.15) is 5.82 Å². The van der Waals surface area contributed by atoms with E-state index in [4.69, 9.17) is 5.73 Å². The zero-order valence-electron chi connectivity index (χ0n) is 10.5. The Bertz CT molecular complexity index is 420. The molecule has 1 aromatic carbocycles. The Morgan fingerprint density at radius 2 is 1.95 bits per heavy atom. The first-order valence-corrected chi connectivity index (χ1v) is 6.08. The quantitative estimate of drug-likeness (QED) is 0.811. The molecule has 1 rings (SSSR count). The number of aliphatic hydroxyl groups is 1. The smallest absolute Gasteiger partial charge is 0.391 e. The van der Waals surface area contributed by atoms with E-state index < -0.39 is 35.3 Å². The summed E-state index contributed by atoms with van der Waals surface area (Å²) in [4.78, 5) is 0. The number of hydrogen-bond acceptors (Lipinski definition) is 2. The molecular weight excluding hydrogens is 262 g/mol. The van der Waals surface area contributed by atoms with Crippen LogP contribution in [0.4, 0.5) is 17.6 Å². The van der Waals surface area contributed by atoms with Crippen LogP contribution in [0.5, 0.6) is 0 Å². The molecule has 0 saturated heterocycles. The normalized spacial score (nSPS) is 15.3. The van der Waals surface area contributed by atoms with Crippen LogP contribution in [0.1, 0.15) is 43.4 Å². The third-order valence-corrected chi connectivity index (χ3v) is 2.96. The lowest BCUT2D eigenvalue weighted by molar-refractivity contribution is -0.138. The van der Waals surface area contributed by atoms with E-state index in [1.54, 1.807) is 0 Å². The van der Waals surface area contributed by atoms with E-state index >= 15 is 0 Å². The van der Waals surface area contributed by atoms with Crippen LogP contribution in [-0.4, -0.2) is 11.2 Å². The van der Waals surface area contributed by atoms with Crippen LogP contribution < -0.4 is 5.73 Å². The van der Waals surface area contributed by atoms with Crippen LogP contribution >= 0.6 is 0 Å². The van der Waals surface area contributed by atoms with Crippen LogP contribution in [-0.2, 0) is 6.18 Å². The summed E-state index contributed by atoms with van der Waals surface area (Å²) < 4.78 is 52.0. The zero-order chi connectivity index (χ0) is 14.6. The highest BCUT2D eigenvalue weighted by atomic mass is 19.4. The summed E-state index contributed by atoms with van der Waals surface area (Å²) in [6.07, 6.45) is -4.27. The number of aliphatic hydroxyl groups excluding tert-OH is 1. The van der Waals surface area contributed by atoms with Gasteiger partial charge in [0.15, 0.2) is 0 Å². The van der Waals surface area contributed by atoms with Gasteiger partial charge in [-0.2, -0.15) is 13.2 Å². The molecule has 1 aromatic rings. The molecule has 0 fully saturated rings. The molecule has 3 N–H and O–H groups in total. The van der Waals surface area contributed by atoms with Gasteiger partial charge in [-0.25, -0.2) is 4.39 Å². The molecule has 0 aliphatic carbocycles. The maximum atomic E-state index is 13.6. The third kappa shape index (κ3) is 3.91. The molecule has 0 amide bonds. The molecular formula is C13H17F4NO. The maximum absolute atomic E-state index is 13.6. The van der Waals surface area contributed by atoms with E-state index in [0.717, 1.165) is 24.6 Å². The van der Waals surface area contributed by atoms with Gasteiger partial charge >= 0.3 is 6.18 Å². The van der Waals surface area contributed by atoms with E-state index in [9.17, 15) is 22.7 Å². The second-order valence-corrected chi connectivity index (χ2v) is 4.43. The molecule has 0 aromatic heterocycles. The van der Waals surface area contributed by atoms with Crippen LogP contribution in [0.15, 0.2) is 18.2 Å². The second kappa shape index (κ2) is 6.34. The van der Waals surface area contributed by atoms with E-state index in [1.165, 1.54) is 0 Å². The second-order valence-electron chi connectivity index (χ2n) is 4.43. The van der Waals surface area contributed by atoms with Crippen molar-refractivity contribution < 1.29 is 22.7 Å². The number of halogens is 4. The minimum Gasteiger partial charge on any atom is -0.391 e. The predicted molar refractivity (Wildman–Crippen MR) is 63.9 cm³/mol.